The van der Waals surface area contributed by atoms with Crippen molar-refractivity contribution in [3.8, 4) is 0 Å². The molecule has 0 aromatic carbocycles. The molecule has 0 atom stereocenters. The van der Waals surface area contributed by atoms with Crippen molar-refractivity contribution in [2.75, 3.05) is 13.2 Å². The van der Waals surface area contributed by atoms with Crippen LogP contribution in [-0.2, 0) is 9.47 Å². The number of rotatable bonds is 31. The average Bonchev–Trinajstić information content (AvgIpc) is 2.92. The second-order valence-corrected chi connectivity index (χ2v) is 11.5. The van der Waals surface area contributed by atoms with E-state index in [-0.39, 0.29) is 0 Å². The van der Waals surface area contributed by atoms with Crippen LogP contribution in [0.15, 0.2) is 12.2 Å². The molecule has 0 N–H and O–H groups in total. The Balaban J connectivity index is 3.17. The van der Waals surface area contributed by atoms with Crippen molar-refractivity contribution < 1.29 is 14.3 Å². The van der Waals surface area contributed by atoms with Crippen molar-refractivity contribution >= 4 is 6.16 Å². The summed E-state index contributed by atoms with van der Waals surface area (Å²) in [5.41, 5.74) is 0. The van der Waals surface area contributed by atoms with Crippen molar-refractivity contribution in [3.05, 3.63) is 12.2 Å². The first-order chi connectivity index (χ1) is 18.8. The highest BCUT2D eigenvalue weighted by atomic mass is 16.7. The third-order valence-electron chi connectivity index (χ3n) is 7.59. The third-order valence-corrected chi connectivity index (χ3v) is 7.59. The third kappa shape index (κ3) is 33.0. The van der Waals surface area contributed by atoms with E-state index in [0.29, 0.717) is 13.2 Å². The lowest BCUT2D eigenvalue weighted by molar-refractivity contribution is 0.0529. The van der Waals surface area contributed by atoms with Crippen molar-refractivity contribution in [3.63, 3.8) is 0 Å². The maximum Gasteiger partial charge on any atom is 0.508 e. The zero-order valence-electron chi connectivity index (χ0n) is 26.1. The minimum Gasteiger partial charge on any atom is -0.434 e. The van der Waals surface area contributed by atoms with Crippen molar-refractivity contribution in [2.45, 2.75) is 194 Å². The van der Waals surface area contributed by atoms with Gasteiger partial charge < -0.3 is 9.47 Å². The predicted molar refractivity (Wildman–Crippen MR) is 167 cm³/mol. The van der Waals surface area contributed by atoms with E-state index in [1.54, 1.807) is 0 Å². The van der Waals surface area contributed by atoms with Gasteiger partial charge in [-0.25, -0.2) is 4.79 Å². The van der Waals surface area contributed by atoms with Gasteiger partial charge in [-0.3, -0.25) is 0 Å². The number of hydrogen-bond acceptors (Lipinski definition) is 3. The molecule has 0 aliphatic heterocycles. The molecular weight excluding hydrogens is 468 g/mol. The van der Waals surface area contributed by atoms with Crippen LogP contribution < -0.4 is 0 Å². The number of ether oxygens (including phenoxy) is 2. The molecule has 0 spiro atoms. The number of hydrogen-bond donors (Lipinski definition) is 0. The van der Waals surface area contributed by atoms with Crippen molar-refractivity contribution in [1.82, 2.24) is 0 Å². The van der Waals surface area contributed by atoms with Gasteiger partial charge in [0.15, 0.2) is 0 Å². The summed E-state index contributed by atoms with van der Waals surface area (Å²) >= 11 is 0. The van der Waals surface area contributed by atoms with E-state index in [0.717, 1.165) is 25.7 Å². The lowest BCUT2D eigenvalue weighted by Crippen LogP contribution is -2.09. The van der Waals surface area contributed by atoms with Gasteiger partial charge in [-0.05, 0) is 38.5 Å². The Labute approximate surface area is 239 Å². The zero-order chi connectivity index (χ0) is 27.6. The predicted octanol–water partition coefficient (Wildman–Crippen LogP) is 12.7. The van der Waals surface area contributed by atoms with Crippen molar-refractivity contribution in [2.24, 2.45) is 0 Å². The molecule has 0 amide bonds. The molecule has 38 heavy (non-hydrogen) atoms. The van der Waals surface area contributed by atoms with Crippen LogP contribution >= 0.6 is 0 Å². The first kappa shape index (κ1) is 37.0. The minimum absolute atomic E-state index is 0.479. The summed E-state index contributed by atoms with van der Waals surface area (Å²) in [7, 11) is 0. The molecule has 0 aromatic heterocycles. The van der Waals surface area contributed by atoms with Crippen molar-refractivity contribution in [1.29, 1.82) is 0 Å². The van der Waals surface area contributed by atoms with E-state index >= 15 is 0 Å². The first-order valence-corrected chi connectivity index (χ1v) is 17.3. The fourth-order valence-electron chi connectivity index (χ4n) is 5.00. The Morgan fingerprint density at radius 1 is 0.395 bits per heavy atom. The van der Waals surface area contributed by atoms with Gasteiger partial charge in [0.05, 0.1) is 13.2 Å². The second kappa shape index (κ2) is 34.0. The Hall–Kier alpha value is -0.990. The number of unbranched alkanes of at least 4 members (excludes halogenated alkanes) is 25. The molecule has 0 saturated carbocycles. The van der Waals surface area contributed by atoms with Gasteiger partial charge in [-0.1, -0.05) is 167 Å². The lowest BCUT2D eigenvalue weighted by atomic mass is 10.0. The maximum absolute atomic E-state index is 11.7. The van der Waals surface area contributed by atoms with Crippen LogP contribution in [0, 0.1) is 0 Å². The molecule has 0 unspecified atom stereocenters. The van der Waals surface area contributed by atoms with Gasteiger partial charge in [0.1, 0.15) is 0 Å². The summed E-state index contributed by atoms with van der Waals surface area (Å²) in [5, 5.41) is 0. The normalized spacial score (nSPS) is 11.4. The molecule has 0 heterocycles. The lowest BCUT2D eigenvalue weighted by Gasteiger charge is -2.06. The van der Waals surface area contributed by atoms with Gasteiger partial charge in [0.25, 0.3) is 0 Å². The molecule has 0 aromatic rings. The molecule has 0 fully saturated rings. The van der Waals surface area contributed by atoms with Crippen LogP contribution in [0.5, 0.6) is 0 Å². The molecule has 0 aliphatic carbocycles. The SMILES string of the molecule is CCCCCCC=CCCCCCCCCOC(=O)OCCCCCCCCCCCCCCCCCC. The molecule has 0 saturated heterocycles. The summed E-state index contributed by atoms with van der Waals surface area (Å²) in [6.07, 6.45) is 41.0. The summed E-state index contributed by atoms with van der Waals surface area (Å²) in [4.78, 5) is 11.7. The monoisotopic (exact) mass is 537 g/mol. The van der Waals surface area contributed by atoms with E-state index in [2.05, 4.69) is 26.0 Å². The molecule has 0 bridgehead atoms. The summed E-state index contributed by atoms with van der Waals surface area (Å²) in [5.74, 6) is 0. The standard InChI is InChI=1S/C35H68O3/c1-3-5-7-9-11-13-15-17-19-20-22-24-26-28-30-32-34-38-35(36)37-33-31-29-27-25-23-21-18-16-14-12-10-8-6-4-2/h14,16H,3-13,15,17-34H2,1-2H3. The molecular formula is C35H68O3. The summed E-state index contributed by atoms with van der Waals surface area (Å²) in [6.45, 7) is 5.55. The van der Waals surface area contributed by atoms with E-state index in [9.17, 15) is 4.79 Å². The Morgan fingerprint density at radius 3 is 1.00 bits per heavy atom. The van der Waals surface area contributed by atoms with Gasteiger partial charge in [0, 0.05) is 0 Å². The van der Waals surface area contributed by atoms with E-state index in [1.165, 1.54) is 154 Å². The van der Waals surface area contributed by atoms with Gasteiger partial charge in [-0.2, -0.15) is 0 Å². The highest BCUT2D eigenvalue weighted by Crippen LogP contribution is 2.14. The fourth-order valence-corrected chi connectivity index (χ4v) is 5.00. The van der Waals surface area contributed by atoms with Gasteiger partial charge >= 0.3 is 6.16 Å². The quantitative estimate of drug-likeness (QED) is 0.0502. The molecule has 0 radical (unpaired) electrons. The van der Waals surface area contributed by atoms with Gasteiger partial charge in [-0.15, -0.1) is 0 Å². The topological polar surface area (TPSA) is 35.5 Å². The van der Waals surface area contributed by atoms with E-state index in [4.69, 9.17) is 9.47 Å². The van der Waals surface area contributed by atoms with Crippen LogP contribution in [-0.4, -0.2) is 19.4 Å². The number of allylic oxidation sites excluding steroid dienone is 2. The van der Waals surface area contributed by atoms with Crippen LogP contribution in [0.25, 0.3) is 0 Å². The van der Waals surface area contributed by atoms with Gasteiger partial charge in [0.2, 0.25) is 0 Å². The second-order valence-electron chi connectivity index (χ2n) is 11.5. The average molecular weight is 537 g/mol. The molecule has 0 aliphatic rings. The molecule has 3 nitrogen and oxygen atoms in total. The number of carbonyl (C=O) groups is 1. The van der Waals surface area contributed by atoms with E-state index in [1.807, 2.05) is 0 Å². The molecule has 3 heteroatoms. The zero-order valence-corrected chi connectivity index (χ0v) is 26.1. The van der Waals surface area contributed by atoms with Crippen LogP contribution in [0.3, 0.4) is 0 Å². The Kier molecular flexibility index (Phi) is 33.2. The Morgan fingerprint density at radius 2 is 0.658 bits per heavy atom. The van der Waals surface area contributed by atoms with Crippen LogP contribution in [0.1, 0.15) is 194 Å². The Bertz CT molecular complexity index is 474. The van der Waals surface area contributed by atoms with E-state index < -0.39 is 6.16 Å². The fraction of sp³-hybridized carbons (Fsp3) is 0.914. The molecule has 0 rings (SSSR count). The largest absolute Gasteiger partial charge is 0.508 e. The minimum atomic E-state index is -0.479. The number of carbonyl (C=O) groups excluding carboxylic acids is 1. The summed E-state index contributed by atoms with van der Waals surface area (Å²) in [6, 6.07) is 0. The van der Waals surface area contributed by atoms with Crippen LogP contribution in [0.4, 0.5) is 4.79 Å². The smallest absolute Gasteiger partial charge is 0.434 e. The maximum atomic E-state index is 11.7. The summed E-state index contributed by atoms with van der Waals surface area (Å²) < 4.78 is 10.4. The highest BCUT2D eigenvalue weighted by Gasteiger charge is 2.03. The first-order valence-electron chi connectivity index (χ1n) is 17.3. The van der Waals surface area contributed by atoms with Crippen LogP contribution in [0.2, 0.25) is 0 Å². The highest BCUT2D eigenvalue weighted by molar-refractivity contribution is 5.59. The molecule has 226 valence electrons.